The first kappa shape index (κ1) is 18.7. The van der Waals surface area contributed by atoms with Gasteiger partial charge >= 0.3 is 0 Å². The summed E-state index contributed by atoms with van der Waals surface area (Å²) in [6, 6.07) is 7.24. The molecule has 0 spiro atoms. The van der Waals surface area contributed by atoms with E-state index in [-0.39, 0.29) is 29.2 Å². The number of aromatic nitrogens is 2. The first-order valence-corrected chi connectivity index (χ1v) is 10.8. The lowest BCUT2D eigenvalue weighted by Gasteiger charge is -2.09. The van der Waals surface area contributed by atoms with Gasteiger partial charge in [0, 0.05) is 6.04 Å². The van der Waals surface area contributed by atoms with Gasteiger partial charge in [-0.05, 0) is 24.1 Å². The Balaban J connectivity index is 1.46. The molecule has 1 fully saturated rings. The number of sulfone groups is 1. The Bertz CT molecular complexity index is 864. The van der Waals surface area contributed by atoms with Crippen LogP contribution in [0.2, 0.25) is 0 Å². The summed E-state index contributed by atoms with van der Waals surface area (Å²) in [6.07, 6.45) is 0.953. The van der Waals surface area contributed by atoms with E-state index in [9.17, 15) is 13.2 Å². The van der Waals surface area contributed by atoms with Crippen molar-refractivity contribution in [1.29, 1.82) is 0 Å². The van der Waals surface area contributed by atoms with E-state index in [2.05, 4.69) is 15.5 Å². The molecule has 2 heterocycles. The molecular formula is C16H19N3O5S2. The summed E-state index contributed by atoms with van der Waals surface area (Å²) < 4.78 is 33.4. The number of hydrogen-bond donors (Lipinski definition) is 1. The highest BCUT2D eigenvalue weighted by Gasteiger charge is 2.28. The lowest BCUT2D eigenvalue weighted by atomic mass is 10.1. The van der Waals surface area contributed by atoms with Crippen molar-refractivity contribution in [3.05, 3.63) is 35.7 Å². The fourth-order valence-electron chi connectivity index (χ4n) is 2.59. The molecule has 1 aromatic heterocycles. The SMILES string of the molecule is COc1ccc(Cc2nnc(SCC(=O)N[C@H]3CCS(=O)(=O)C3)o2)cc1. The highest BCUT2D eigenvalue weighted by atomic mass is 32.2. The number of carbonyl (C=O) groups excluding carboxylic acids is 1. The summed E-state index contributed by atoms with van der Waals surface area (Å²) in [7, 11) is -1.40. The number of nitrogens with one attached hydrogen (secondary N) is 1. The first-order chi connectivity index (χ1) is 12.4. The van der Waals surface area contributed by atoms with Crippen LogP contribution >= 0.6 is 11.8 Å². The zero-order chi connectivity index (χ0) is 18.6. The Morgan fingerprint density at radius 2 is 2.12 bits per heavy atom. The molecule has 0 saturated carbocycles. The standard InChI is InChI=1S/C16H19N3O5S2/c1-23-13-4-2-11(3-5-13)8-15-18-19-16(24-15)25-9-14(20)17-12-6-7-26(21,22)10-12/h2-5,12H,6-10H2,1H3,(H,17,20)/t12-/m0/s1. The molecule has 1 amide bonds. The summed E-state index contributed by atoms with van der Waals surface area (Å²) in [6.45, 7) is 0. The Kier molecular flexibility index (Phi) is 5.82. The van der Waals surface area contributed by atoms with Crippen LogP contribution in [-0.4, -0.2) is 54.9 Å². The van der Waals surface area contributed by atoms with Crippen molar-refractivity contribution in [2.24, 2.45) is 0 Å². The van der Waals surface area contributed by atoms with E-state index in [4.69, 9.17) is 9.15 Å². The van der Waals surface area contributed by atoms with Crippen LogP contribution in [0.25, 0.3) is 0 Å². The number of rotatable bonds is 7. The Hall–Kier alpha value is -2.07. The van der Waals surface area contributed by atoms with Gasteiger partial charge in [-0.2, -0.15) is 0 Å². The fourth-order valence-corrected chi connectivity index (χ4v) is 4.86. The van der Waals surface area contributed by atoms with Crippen molar-refractivity contribution in [2.75, 3.05) is 24.4 Å². The van der Waals surface area contributed by atoms with Gasteiger partial charge in [-0.15, -0.1) is 10.2 Å². The highest BCUT2D eigenvalue weighted by molar-refractivity contribution is 7.99. The molecule has 1 N–H and O–H groups in total. The monoisotopic (exact) mass is 397 g/mol. The number of ether oxygens (including phenoxy) is 1. The number of benzene rings is 1. The molecule has 1 saturated heterocycles. The molecule has 1 aliphatic heterocycles. The van der Waals surface area contributed by atoms with Gasteiger partial charge in [-0.3, -0.25) is 4.79 Å². The molecule has 0 bridgehead atoms. The van der Waals surface area contributed by atoms with Crippen molar-refractivity contribution in [3.63, 3.8) is 0 Å². The maximum atomic E-state index is 11.9. The minimum absolute atomic E-state index is 0.00989. The molecule has 0 radical (unpaired) electrons. The Morgan fingerprint density at radius 1 is 1.35 bits per heavy atom. The van der Waals surface area contributed by atoms with Crippen molar-refractivity contribution < 1.29 is 22.4 Å². The molecule has 1 atom stereocenters. The third-order valence-corrected chi connectivity index (χ3v) is 6.47. The average Bonchev–Trinajstić information content (AvgIpc) is 3.19. The van der Waals surface area contributed by atoms with Crippen LogP contribution in [-0.2, 0) is 21.1 Å². The molecule has 2 aromatic rings. The molecule has 1 aromatic carbocycles. The van der Waals surface area contributed by atoms with Crippen molar-refractivity contribution >= 4 is 27.5 Å². The average molecular weight is 397 g/mol. The second kappa shape index (κ2) is 8.09. The van der Waals surface area contributed by atoms with Gasteiger partial charge in [-0.25, -0.2) is 8.42 Å². The van der Waals surface area contributed by atoms with E-state index < -0.39 is 9.84 Å². The molecular weight excluding hydrogens is 378 g/mol. The Morgan fingerprint density at radius 3 is 2.77 bits per heavy atom. The quantitative estimate of drug-likeness (QED) is 0.691. The van der Waals surface area contributed by atoms with Crippen molar-refractivity contribution in [2.45, 2.75) is 24.1 Å². The lowest BCUT2D eigenvalue weighted by molar-refractivity contribution is -0.119. The molecule has 3 rings (SSSR count). The van der Waals surface area contributed by atoms with Gasteiger partial charge < -0.3 is 14.5 Å². The van der Waals surface area contributed by atoms with E-state index in [0.717, 1.165) is 23.1 Å². The number of carbonyl (C=O) groups is 1. The third-order valence-electron chi connectivity index (χ3n) is 3.89. The maximum Gasteiger partial charge on any atom is 0.277 e. The van der Waals surface area contributed by atoms with Gasteiger partial charge in [0.15, 0.2) is 9.84 Å². The molecule has 0 unspecified atom stereocenters. The predicted octanol–water partition coefficient (Wildman–Crippen LogP) is 1.06. The maximum absolute atomic E-state index is 11.9. The van der Waals surface area contributed by atoms with Gasteiger partial charge in [-0.1, -0.05) is 23.9 Å². The summed E-state index contributed by atoms with van der Waals surface area (Å²) in [5.41, 5.74) is 1.01. The summed E-state index contributed by atoms with van der Waals surface area (Å²) in [5.74, 6) is 1.23. The largest absolute Gasteiger partial charge is 0.497 e. The van der Waals surface area contributed by atoms with E-state index in [1.165, 1.54) is 0 Å². The smallest absolute Gasteiger partial charge is 0.277 e. The number of hydrogen-bond acceptors (Lipinski definition) is 8. The normalized spacial score (nSPS) is 18.6. The fraction of sp³-hybridized carbons (Fsp3) is 0.438. The van der Waals surface area contributed by atoms with Crippen molar-refractivity contribution in [1.82, 2.24) is 15.5 Å². The number of nitrogens with zero attached hydrogens (tertiary/aromatic N) is 2. The minimum atomic E-state index is -3.01. The molecule has 26 heavy (non-hydrogen) atoms. The number of amides is 1. The van der Waals surface area contributed by atoms with Crippen LogP contribution in [0.1, 0.15) is 17.9 Å². The minimum Gasteiger partial charge on any atom is -0.497 e. The predicted molar refractivity (Wildman–Crippen MR) is 96.0 cm³/mol. The first-order valence-electron chi connectivity index (χ1n) is 8.01. The molecule has 1 aliphatic rings. The summed E-state index contributed by atoms with van der Waals surface area (Å²) in [4.78, 5) is 11.9. The van der Waals surface area contributed by atoms with Crippen molar-refractivity contribution in [3.8, 4) is 5.75 Å². The van der Waals surface area contributed by atoms with Crippen LogP contribution in [0.15, 0.2) is 33.9 Å². The lowest BCUT2D eigenvalue weighted by Crippen LogP contribution is -2.36. The molecule has 140 valence electrons. The highest BCUT2D eigenvalue weighted by Crippen LogP contribution is 2.19. The third kappa shape index (κ3) is 5.21. The van der Waals surface area contributed by atoms with Gasteiger partial charge in [0.05, 0.1) is 30.8 Å². The zero-order valence-electron chi connectivity index (χ0n) is 14.2. The second-order valence-electron chi connectivity index (χ2n) is 5.94. The second-order valence-corrected chi connectivity index (χ2v) is 9.10. The molecule has 10 heteroatoms. The van der Waals surface area contributed by atoms with Crippen LogP contribution in [0.3, 0.4) is 0 Å². The Labute approximate surface area is 155 Å². The number of thioether (sulfide) groups is 1. The van der Waals surface area contributed by atoms with E-state index in [1.54, 1.807) is 7.11 Å². The van der Waals surface area contributed by atoms with Crippen LogP contribution in [0.5, 0.6) is 5.75 Å². The molecule has 0 aliphatic carbocycles. The van der Waals surface area contributed by atoms with Gasteiger partial charge in [0.25, 0.3) is 5.22 Å². The van der Waals surface area contributed by atoms with E-state index in [1.807, 2.05) is 24.3 Å². The van der Waals surface area contributed by atoms with Crippen LogP contribution < -0.4 is 10.1 Å². The van der Waals surface area contributed by atoms with Gasteiger partial charge in [0.1, 0.15) is 5.75 Å². The van der Waals surface area contributed by atoms with Crippen LogP contribution in [0, 0.1) is 0 Å². The number of methoxy groups -OCH3 is 1. The van der Waals surface area contributed by atoms with Crippen LogP contribution in [0.4, 0.5) is 0 Å². The molecule has 8 nitrogen and oxygen atoms in total. The van der Waals surface area contributed by atoms with Gasteiger partial charge in [0.2, 0.25) is 11.8 Å². The summed E-state index contributed by atoms with van der Waals surface area (Å²) in [5, 5.41) is 10.9. The van der Waals surface area contributed by atoms with E-state index >= 15 is 0 Å². The zero-order valence-corrected chi connectivity index (χ0v) is 15.8. The summed E-state index contributed by atoms with van der Waals surface area (Å²) >= 11 is 1.13. The van der Waals surface area contributed by atoms with E-state index in [0.29, 0.717) is 24.0 Å². The topological polar surface area (TPSA) is 111 Å².